The topological polar surface area (TPSA) is 73.0 Å². The lowest BCUT2D eigenvalue weighted by Gasteiger charge is -2.40. The van der Waals surface area contributed by atoms with E-state index in [0.717, 1.165) is 36.5 Å². The van der Waals surface area contributed by atoms with Crippen molar-refractivity contribution in [3.8, 4) is 0 Å². The van der Waals surface area contributed by atoms with Crippen LogP contribution in [0.4, 0.5) is 5.82 Å². The van der Waals surface area contributed by atoms with Crippen LogP contribution in [0.2, 0.25) is 0 Å². The van der Waals surface area contributed by atoms with Gasteiger partial charge in [0.05, 0.1) is 6.20 Å². The maximum absolute atomic E-state index is 12.7. The van der Waals surface area contributed by atoms with Gasteiger partial charge in [-0.15, -0.1) is 9.39 Å². The van der Waals surface area contributed by atoms with E-state index < -0.39 is 9.39 Å². The first kappa shape index (κ1) is 26.1. The molecule has 2 aromatic carbocycles. The molecule has 2 aliphatic rings. The third-order valence-corrected chi connectivity index (χ3v) is 11.3. The van der Waals surface area contributed by atoms with Crippen LogP contribution in [-0.4, -0.2) is 50.8 Å². The molecule has 3 heterocycles. The molecule has 0 radical (unpaired) electrons. The predicted octanol–water partition coefficient (Wildman–Crippen LogP) is 5.68. The number of nitrogens with zero attached hydrogens (tertiary/aromatic N) is 2. The Labute approximate surface area is 226 Å². The van der Waals surface area contributed by atoms with Crippen molar-refractivity contribution in [2.24, 2.45) is 5.92 Å². The van der Waals surface area contributed by atoms with Crippen LogP contribution in [-0.2, 0) is 11.3 Å². The van der Waals surface area contributed by atoms with Crippen LogP contribution in [0.1, 0.15) is 43.4 Å². The van der Waals surface area contributed by atoms with Crippen LogP contribution >= 0.6 is 9.39 Å². The Balaban J connectivity index is 1.23. The van der Waals surface area contributed by atoms with Crippen molar-refractivity contribution in [1.82, 2.24) is 19.8 Å². The molecule has 1 amide bonds. The SMILES string of the molecule is C=C(c1ccc(CNC(=O)C2=Cc3cn[nH]c3NC2)cc1)C1CCCN(S(=CC)(=CC)c2ccccc2)C1. The second-order valence-electron chi connectivity index (χ2n) is 9.81. The summed E-state index contributed by atoms with van der Waals surface area (Å²) in [6.07, 6.45) is 5.93. The summed E-state index contributed by atoms with van der Waals surface area (Å²) in [4.78, 5) is 14.1. The fourth-order valence-electron chi connectivity index (χ4n) is 5.48. The first-order chi connectivity index (χ1) is 18.5. The summed E-state index contributed by atoms with van der Waals surface area (Å²) >= 11 is 0. The van der Waals surface area contributed by atoms with Gasteiger partial charge in [-0.2, -0.15) is 5.10 Å². The molecule has 5 rings (SSSR count). The lowest BCUT2D eigenvalue weighted by molar-refractivity contribution is -0.117. The standard InChI is InChI=1S/C31H37N5OS/c1-4-38(5-2,29-11-7-6-8-12-29)36-17-9-10-26(22-36)23(3)25-15-13-24(14-16-25)19-33-31(37)28-18-27-21-34-35-30(27)32-20-28/h4-8,11-16,18,21,26H,3,9-10,17,19-20,22H2,1-2H3,(H,33,37)(H2,32,34,35). The highest BCUT2D eigenvalue weighted by Gasteiger charge is 2.27. The number of anilines is 1. The molecular formula is C31H37N5OS. The molecule has 0 saturated carbocycles. The number of hydrogen-bond acceptors (Lipinski definition) is 4. The zero-order valence-corrected chi connectivity index (χ0v) is 23.1. The molecule has 2 aliphatic heterocycles. The molecule has 1 saturated heterocycles. The second kappa shape index (κ2) is 11.5. The Morgan fingerprint density at radius 1 is 1.16 bits per heavy atom. The van der Waals surface area contributed by atoms with Crippen LogP contribution in [0.25, 0.3) is 11.6 Å². The number of nitrogens with one attached hydrogen (secondary N) is 3. The first-order valence-corrected chi connectivity index (χ1v) is 15.0. The fraction of sp³-hybridized carbons (Fsp3) is 0.290. The summed E-state index contributed by atoms with van der Waals surface area (Å²) in [5.41, 5.74) is 5.06. The number of hydrogen-bond donors (Lipinski definition) is 3. The lowest BCUT2D eigenvalue weighted by Crippen LogP contribution is -2.34. The zero-order valence-electron chi connectivity index (χ0n) is 22.2. The summed E-state index contributed by atoms with van der Waals surface area (Å²) in [5, 5.41) is 17.9. The third kappa shape index (κ3) is 5.22. The van der Waals surface area contributed by atoms with Crippen LogP contribution in [0.3, 0.4) is 0 Å². The van der Waals surface area contributed by atoms with E-state index in [-0.39, 0.29) is 5.91 Å². The van der Waals surface area contributed by atoms with Crippen LogP contribution in [0.5, 0.6) is 0 Å². The fourth-order valence-corrected chi connectivity index (χ4v) is 8.64. The monoisotopic (exact) mass is 527 g/mol. The second-order valence-corrected chi connectivity index (χ2v) is 13.1. The summed E-state index contributed by atoms with van der Waals surface area (Å²) < 4.78 is 2.69. The van der Waals surface area contributed by atoms with Gasteiger partial charge in [0.25, 0.3) is 0 Å². The van der Waals surface area contributed by atoms with Crippen molar-refractivity contribution in [2.45, 2.75) is 38.1 Å². The molecule has 1 aromatic heterocycles. The Kier molecular flexibility index (Phi) is 7.86. The number of rotatable bonds is 7. The van der Waals surface area contributed by atoms with E-state index in [2.05, 4.69) is 111 Å². The zero-order chi connectivity index (χ0) is 26.5. The molecular weight excluding hydrogens is 490 g/mol. The minimum Gasteiger partial charge on any atom is -0.366 e. The van der Waals surface area contributed by atoms with Gasteiger partial charge in [0, 0.05) is 42.2 Å². The Morgan fingerprint density at radius 2 is 1.92 bits per heavy atom. The molecule has 0 aliphatic carbocycles. The number of carbonyl (C=O) groups is 1. The van der Waals surface area contributed by atoms with E-state index in [9.17, 15) is 4.79 Å². The number of aromatic amines is 1. The Bertz CT molecular complexity index is 1450. The maximum atomic E-state index is 12.7. The van der Waals surface area contributed by atoms with Crippen LogP contribution in [0, 0.1) is 5.92 Å². The first-order valence-electron chi connectivity index (χ1n) is 13.3. The molecule has 7 heteroatoms. The highest BCUT2D eigenvalue weighted by atomic mass is 32.2. The highest BCUT2D eigenvalue weighted by molar-refractivity contribution is 8.27. The van der Waals surface area contributed by atoms with Gasteiger partial charge >= 0.3 is 0 Å². The number of H-pyrrole nitrogens is 1. The van der Waals surface area contributed by atoms with Gasteiger partial charge in [0.15, 0.2) is 0 Å². The molecule has 1 fully saturated rings. The average molecular weight is 528 g/mol. The van der Waals surface area contributed by atoms with Gasteiger partial charge in [-0.3, -0.25) is 14.2 Å². The van der Waals surface area contributed by atoms with Crippen LogP contribution in [0.15, 0.2) is 77.8 Å². The minimum atomic E-state index is -1.26. The third-order valence-electron chi connectivity index (χ3n) is 7.67. The summed E-state index contributed by atoms with van der Waals surface area (Å²) in [6, 6.07) is 19.4. The van der Waals surface area contributed by atoms with E-state index in [1.54, 1.807) is 6.20 Å². The van der Waals surface area contributed by atoms with Crippen molar-refractivity contribution < 1.29 is 4.79 Å². The van der Waals surface area contributed by atoms with Gasteiger partial charge in [-0.1, -0.05) is 59.8 Å². The summed E-state index contributed by atoms with van der Waals surface area (Å²) in [6.45, 7) is 12.0. The van der Waals surface area contributed by atoms with Crippen molar-refractivity contribution in [2.75, 3.05) is 25.0 Å². The number of fused-ring (bicyclic) bond motifs is 1. The number of benzene rings is 2. The molecule has 6 nitrogen and oxygen atoms in total. The lowest BCUT2D eigenvalue weighted by atomic mass is 9.88. The van der Waals surface area contributed by atoms with Crippen LogP contribution < -0.4 is 10.6 Å². The molecule has 0 spiro atoms. The Morgan fingerprint density at radius 3 is 2.66 bits per heavy atom. The quantitative estimate of drug-likeness (QED) is 0.346. The van der Waals surface area contributed by atoms with E-state index in [1.165, 1.54) is 22.5 Å². The smallest absolute Gasteiger partial charge is 0.249 e. The molecule has 1 atom stereocenters. The maximum Gasteiger partial charge on any atom is 0.249 e. The molecule has 0 bridgehead atoms. The Hall–Kier alpha value is -3.55. The molecule has 198 valence electrons. The normalized spacial score (nSPS) is 17.5. The van der Waals surface area contributed by atoms with E-state index in [0.29, 0.717) is 24.6 Å². The molecule has 3 N–H and O–H groups in total. The van der Waals surface area contributed by atoms with Crippen molar-refractivity contribution in [3.63, 3.8) is 0 Å². The van der Waals surface area contributed by atoms with Crippen molar-refractivity contribution in [3.05, 3.63) is 89.6 Å². The highest BCUT2D eigenvalue weighted by Crippen LogP contribution is 2.43. The molecule has 38 heavy (non-hydrogen) atoms. The summed E-state index contributed by atoms with van der Waals surface area (Å²) in [5.74, 6) is 1.21. The van der Waals surface area contributed by atoms with Gasteiger partial charge in [0.2, 0.25) is 5.91 Å². The predicted molar refractivity (Wildman–Crippen MR) is 162 cm³/mol. The van der Waals surface area contributed by atoms with Gasteiger partial charge in [-0.05, 0) is 67.5 Å². The summed E-state index contributed by atoms with van der Waals surface area (Å²) in [7, 11) is -1.26. The largest absolute Gasteiger partial charge is 0.366 e. The van der Waals surface area contributed by atoms with E-state index in [1.807, 2.05) is 6.08 Å². The number of piperidine rings is 1. The number of amides is 1. The number of aromatic nitrogens is 2. The molecule has 3 aromatic rings. The van der Waals surface area contributed by atoms with Crippen molar-refractivity contribution in [1.29, 1.82) is 0 Å². The van der Waals surface area contributed by atoms with E-state index in [4.69, 9.17) is 0 Å². The minimum absolute atomic E-state index is 0.0648. The average Bonchev–Trinajstić information content (AvgIpc) is 3.46. The van der Waals surface area contributed by atoms with Gasteiger partial charge in [-0.25, -0.2) is 0 Å². The van der Waals surface area contributed by atoms with E-state index >= 15 is 0 Å². The van der Waals surface area contributed by atoms with Gasteiger partial charge in [0.1, 0.15) is 5.82 Å². The molecule has 1 unspecified atom stereocenters. The van der Waals surface area contributed by atoms with Gasteiger partial charge < -0.3 is 10.6 Å². The van der Waals surface area contributed by atoms with Crippen molar-refractivity contribution >= 4 is 43.5 Å². The number of carbonyl (C=O) groups excluding carboxylic acids is 1.